The molecular weight excluding hydrogens is 379 g/mol. The van der Waals surface area contributed by atoms with Gasteiger partial charge in [-0.05, 0) is 36.8 Å². The van der Waals surface area contributed by atoms with Crippen LogP contribution >= 0.6 is 11.6 Å². The molecule has 3 N–H and O–H groups in total. The highest BCUT2D eigenvalue weighted by molar-refractivity contribution is 7.89. The van der Waals surface area contributed by atoms with Gasteiger partial charge in [-0.25, -0.2) is 17.9 Å². The highest BCUT2D eigenvalue weighted by Crippen LogP contribution is 2.23. The zero-order valence-corrected chi connectivity index (χ0v) is 16.2. The second kappa shape index (κ2) is 10.3. The molecule has 0 saturated heterocycles. The quantitative estimate of drug-likeness (QED) is 0.571. The van der Waals surface area contributed by atoms with Crippen molar-refractivity contribution in [3.8, 4) is 5.75 Å². The van der Waals surface area contributed by atoms with Crippen LogP contribution in [-0.2, 0) is 10.0 Å². The topological polar surface area (TPSA) is 92.8 Å². The van der Waals surface area contributed by atoms with Crippen LogP contribution in [0.4, 0.5) is 4.39 Å². The molecule has 5 nitrogen and oxygen atoms in total. The highest BCUT2D eigenvalue weighted by Gasteiger charge is 2.13. The Kier molecular flexibility index (Phi) is 8.71. The lowest BCUT2D eigenvalue weighted by molar-refractivity contribution is 0.472. The maximum atomic E-state index is 13.5. The summed E-state index contributed by atoms with van der Waals surface area (Å²) in [5, 5.41) is 15.5. The molecule has 2 aromatic carbocycles. The second-order valence-electron chi connectivity index (χ2n) is 5.12. The van der Waals surface area contributed by atoms with Crippen LogP contribution < -0.4 is 5.14 Å². The molecule has 0 aliphatic rings. The van der Waals surface area contributed by atoms with Gasteiger partial charge in [0.1, 0.15) is 11.6 Å². The predicted molar refractivity (Wildman–Crippen MR) is 104 cm³/mol. The van der Waals surface area contributed by atoms with Crippen LogP contribution in [0.2, 0.25) is 5.02 Å². The van der Waals surface area contributed by atoms with Gasteiger partial charge in [0.25, 0.3) is 0 Å². The van der Waals surface area contributed by atoms with Crippen LogP contribution in [0.25, 0.3) is 0 Å². The summed E-state index contributed by atoms with van der Waals surface area (Å²) >= 11 is 5.87. The van der Waals surface area contributed by atoms with Crippen molar-refractivity contribution < 1.29 is 17.9 Å². The van der Waals surface area contributed by atoms with Gasteiger partial charge in [-0.3, -0.25) is 4.99 Å². The number of rotatable bonds is 6. The third-order valence-electron chi connectivity index (χ3n) is 3.19. The molecule has 0 saturated carbocycles. The molecule has 0 aliphatic carbocycles. The van der Waals surface area contributed by atoms with Crippen LogP contribution in [0.1, 0.15) is 31.4 Å². The number of aliphatic imine (C=N–C) groups is 1. The summed E-state index contributed by atoms with van der Waals surface area (Å²) in [6.45, 7) is 4.16. The summed E-state index contributed by atoms with van der Waals surface area (Å²) < 4.78 is 35.5. The molecule has 8 heteroatoms. The number of benzene rings is 2. The Morgan fingerprint density at radius 1 is 1.19 bits per heavy atom. The first kappa shape index (κ1) is 22.1. The summed E-state index contributed by atoms with van der Waals surface area (Å²) in [4.78, 5) is 4.33. The summed E-state index contributed by atoms with van der Waals surface area (Å²) in [6.07, 6.45) is 0.214. The fourth-order valence-corrected chi connectivity index (χ4v) is 2.75. The molecule has 0 heterocycles. The molecule has 2 aromatic rings. The van der Waals surface area contributed by atoms with E-state index in [0.29, 0.717) is 16.3 Å². The molecule has 0 radical (unpaired) electrons. The Morgan fingerprint density at radius 3 is 2.38 bits per heavy atom. The van der Waals surface area contributed by atoms with Crippen LogP contribution in [0.5, 0.6) is 5.75 Å². The van der Waals surface area contributed by atoms with E-state index in [2.05, 4.69) is 4.99 Å². The normalized spacial score (nSPS) is 11.7. The second-order valence-corrected chi connectivity index (χ2v) is 7.29. The number of hydrogen-bond acceptors (Lipinski definition) is 4. The van der Waals surface area contributed by atoms with E-state index >= 15 is 0 Å². The van der Waals surface area contributed by atoms with E-state index in [-0.39, 0.29) is 30.0 Å². The lowest BCUT2D eigenvalue weighted by Crippen LogP contribution is -2.17. The minimum atomic E-state index is -3.57. The number of primary sulfonamides is 1. The van der Waals surface area contributed by atoms with Crippen LogP contribution in [-0.4, -0.2) is 31.5 Å². The van der Waals surface area contributed by atoms with Crippen molar-refractivity contribution in [1.29, 1.82) is 0 Å². The molecule has 0 aromatic heterocycles. The monoisotopic (exact) mass is 400 g/mol. The smallest absolute Gasteiger partial charge is 0.209 e. The molecule has 0 aliphatic heterocycles. The van der Waals surface area contributed by atoms with Gasteiger partial charge in [0.05, 0.1) is 11.5 Å². The molecule has 0 fully saturated rings. The first-order valence-electron chi connectivity index (χ1n) is 8.06. The fraction of sp³-hybridized carbons (Fsp3) is 0.278. The fourth-order valence-electron chi connectivity index (χ4n) is 2.09. The van der Waals surface area contributed by atoms with Crippen LogP contribution in [0.15, 0.2) is 47.5 Å². The minimum Gasteiger partial charge on any atom is -0.507 e. The van der Waals surface area contributed by atoms with Gasteiger partial charge in [0, 0.05) is 22.7 Å². The Labute approximate surface area is 158 Å². The maximum Gasteiger partial charge on any atom is 0.209 e. The van der Waals surface area contributed by atoms with E-state index in [1.807, 2.05) is 13.8 Å². The average molecular weight is 401 g/mol. The van der Waals surface area contributed by atoms with Gasteiger partial charge in [0.15, 0.2) is 0 Å². The zero-order chi connectivity index (χ0) is 19.7. The van der Waals surface area contributed by atoms with Gasteiger partial charge in [-0.2, -0.15) is 0 Å². The summed E-state index contributed by atoms with van der Waals surface area (Å²) in [7, 11) is -3.57. The Morgan fingerprint density at radius 2 is 1.81 bits per heavy atom. The van der Waals surface area contributed by atoms with Crippen molar-refractivity contribution in [2.45, 2.75) is 20.3 Å². The number of sulfonamides is 1. The molecule has 0 amide bonds. The van der Waals surface area contributed by atoms with Crippen LogP contribution in [0, 0.1) is 5.82 Å². The van der Waals surface area contributed by atoms with Crippen molar-refractivity contribution in [2.24, 2.45) is 10.1 Å². The maximum absolute atomic E-state index is 13.5. The van der Waals surface area contributed by atoms with Gasteiger partial charge in [-0.1, -0.05) is 37.6 Å². The largest absolute Gasteiger partial charge is 0.507 e. The van der Waals surface area contributed by atoms with Crippen molar-refractivity contribution in [1.82, 2.24) is 0 Å². The van der Waals surface area contributed by atoms with Gasteiger partial charge < -0.3 is 5.11 Å². The molecule has 2 rings (SSSR count). The van der Waals surface area contributed by atoms with Gasteiger partial charge in [-0.15, -0.1) is 0 Å². The SMILES string of the molecule is CC.NS(=O)(=O)CCCN=C(c1ccc(Cl)cc1)c1cc(F)ccc1O. The molecule has 142 valence electrons. The third-order valence-corrected chi connectivity index (χ3v) is 4.30. The number of phenolic OH excluding ortho intramolecular Hbond substituents is 1. The van der Waals surface area contributed by atoms with Gasteiger partial charge in [0.2, 0.25) is 10.0 Å². The number of hydrogen-bond donors (Lipinski definition) is 2. The zero-order valence-electron chi connectivity index (χ0n) is 14.6. The highest BCUT2D eigenvalue weighted by atomic mass is 35.5. The van der Waals surface area contributed by atoms with Gasteiger partial charge >= 0.3 is 0 Å². The van der Waals surface area contributed by atoms with E-state index in [1.165, 1.54) is 12.1 Å². The minimum absolute atomic E-state index is 0.128. The number of nitrogens with two attached hydrogens (primary N) is 1. The summed E-state index contributed by atoms with van der Waals surface area (Å²) in [5.41, 5.74) is 1.18. The molecule has 0 bridgehead atoms. The van der Waals surface area contributed by atoms with Crippen molar-refractivity contribution >= 4 is 27.3 Å². The lowest BCUT2D eigenvalue weighted by Gasteiger charge is -2.10. The molecule has 0 atom stereocenters. The third kappa shape index (κ3) is 7.11. The first-order valence-corrected chi connectivity index (χ1v) is 10.2. The van der Waals surface area contributed by atoms with Crippen molar-refractivity contribution in [3.05, 3.63) is 64.4 Å². The van der Waals surface area contributed by atoms with Crippen LogP contribution in [0.3, 0.4) is 0 Å². The standard InChI is InChI=1S/C16H16ClFN2O3S.C2H6/c17-12-4-2-11(3-5-12)16(20-8-1-9-24(19,22)23)14-10-13(18)6-7-15(14)21;1-2/h2-7,10,21H,1,8-9H2,(H2,19,22,23);1-2H3. The summed E-state index contributed by atoms with van der Waals surface area (Å²) in [5.74, 6) is -0.856. The number of aromatic hydroxyl groups is 1. The van der Waals surface area contributed by atoms with Crippen molar-refractivity contribution in [3.63, 3.8) is 0 Å². The predicted octanol–water partition coefficient (Wildman–Crippen LogP) is 3.73. The average Bonchev–Trinajstić information content (AvgIpc) is 2.59. The van der Waals surface area contributed by atoms with Crippen molar-refractivity contribution in [2.75, 3.05) is 12.3 Å². The Balaban J connectivity index is 0.00000163. The summed E-state index contributed by atoms with van der Waals surface area (Å²) in [6, 6.07) is 10.2. The van der Waals surface area contributed by atoms with E-state index < -0.39 is 15.8 Å². The molecule has 0 unspecified atom stereocenters. The van der Waals surface area contributed by atoms with E-state index in [9.17, 15) is 17.9 Å². The first-order chi connectivity index (χ1) is 12.3. The Bertz CT molecular complexity index is 853. The molecular formula is C18H22ClFN2O3S. The number of nitrogens with zero attached hydrogens (tertiary/aromatic N) is 1. The number of phenols is 1. The molecule has 0 spiro atoms. The number of halogens is 2. The van der Waals surface area contributed by atoms with E-state index in [1.54, 1.807) is 24.3 Å². The van der Waals surface area contributed by atoms with E-state index in [0.717, 1.165) is 6.07 Å². The van der Waals surface area contributed by atoms with E-state index in [4.69, 9.17) is 16.7 Å². The Hall–Kier alpha value is -1.96. The lowest BCUT2D eigenvalue weighted by atomic mass is 10.0. The molecule has 26 heavy (non-hydrogen) atoms.